The number of carbonyl (C=O) groups is 1. The predicted octanol–water partition coefficient (Wildman–Crippen LogP) is 1.24. The normalized spacial score (nSPS) is 11.4. The Balaban J connectivity index is 1.88. The maximum absolute atomic E-state index is 13.0. The van der Waals surface area contributed by atoms with Crippen molar-refractivity contribution in [3.63, 3.8) is 0 Å². The van der Waals surface area contributed by atoms with Crippen LogP contribution in [0.15, 0.2) is 34.0 Å². The van der Waals surface area contributed by atoms with Gasteiger partial charge in [-0.15, -0.1) is 5.10 Å². The molecule has 1 amide bonds. The molecule has 0 saturated heterocycles. The molecule has 1 aromatic carbocycles. The van der Waals surface area contributed by atoms with Crippen molar-refractivity contribution in [2.45, 2.75) is 27.3 Å². The minimum atomic E-state index is -0.528. The molecule has 2 aromatic heterocycles. The number of nitrogens with two attached hydrogens (primary N) is 1. The molecular formula is C19H25N9O3. The molecular weight excluding hydrogens is 402 g/mol. The van der Waals surface area contributed by atoms with E-state index in [-0.39, 0.29) is 17.3 Å². The quantitative estimate of drug-likeness (QED) is 0.360. The van der Waals surface area contributed by atoms with Crippen LogP contribution in [0.25, 0.3) is 5.82 Å². The van der Waals surface area contributed by atoms with Gasteiger partial charge in [0.15, 0.2) is 5.69 Å². The van der Waals surface area contributed by atoms with Gasteiger partial charge in [-0.1, -0.05) is 31.2 Å². The highest BCUT2D eigenvalue weighted by Gasteiger charge is 2.25. The van der Waals surface area contributed by atoms with E-state index in [0.717, 1.165) is 18.7 Å². The maximum Gasteiger partial charge on any atom is 0.292 e. The van der Waals surface area contributed by atoms with Crippen LogP contribution in [0.2, 0.25) is 0 Å². The Morgan fingerprint density at radius 1 is 1.29 bits per heavy atom. The van der Waals surface area contributed by atoms with Crippen LogP contribution in [0.3, 0.4) is 0 Å². The summed E-state index contributed by atoms with van der Waals surface area (Å²) in [6.07, 6.45) is 1.51. The van der Waals surface area contributed by atoms with Crippen molar-refractivity contribution < 1.29 is 14.2 Å². The lowest BCUT2D eigenvalue weighted by Gasteiger charge is -2.16. The van der Waals surface area contributed by atoms with Gasteiger partial charge in [-0.05, 0) is 42.5 Å². The van der Waals surface area contributed by atoms with E-state index in [1.807, 2.05) is 45.0 Å². The second kappa shape index (κ2) is 10.3. The van der Waals surface area contributed by atoms with E-state index in [9.17, 15) is 4.79 Å². The first-order valence-electron chi connectivity index (χ1n) is 9.89. The SMILES string of the molecule is CCOc1ccccc1/C=N/NC(=O)c1c(CN(CC)CC)nnn1-c1nonc1N. The van der Waals surface area contributed by atoms with Crippen molar-refractivity contribution >= 4 is 17.9 Å². The summed E-state index contributed by atoms with van der Waals surface area (Å²) in [4.78, 5) is 15.1. The number of rotatable bonds is 10. The molecule has 0 unspecified atom stereocenters. The topological polar surface area (TPSA) is 150 Å². The van der Waals surface area contributed by atoms with Gasteiger partial charge in [0.05, 0.1) is 12.8 Å². The van der Waals surface area contributed by atoms with E-state index < -0.39 is 5.91 Å². The van der Waals surface area contributed by atoms with Crippen LogP contribution in [0.1, 0.15) is 42.5 Å². The van der Waals surface area contributed by atoms with Gasteiger partial charge in [0.2, 0.25) is 11.6 Å². The van der Waals surface area contributed by atoms with Gasteiger partial charge < -0.3 is 10.5 Å². The lowest BCUT2D eigenvalue weighted by atomic mass is 10.2. The molecule has 164 valence electrons. The minimum Gasteiger partial charge on any atom is -0.493 e. The first-order chi connectivity index (χ1) is 15.1. The largest absolute Gasteiger partial charge is 0.493 e. The van der Waals surface area contributed by atoms with Crippen LogP contribution in [0, 0.1) is 0 Å². The molecule has 0 atom stereocenters. The number of hydrogen-bond donors (Lipinski definition) is 2. The Kier molecular flexibility index (Phi) is 7.27. The van der Waals surface area contributed by atoms with Gasteiger partial charge in [-0.3, -0.25) is 9.69 Å². The molecule has 0 spiro atoms. The molecule has 0 bridgehead atoms. The summed E-state index contributed by atoms with van der Waals surface area (Å²) in [6.45, 7) is 8.43. The number of aromatic nitrogens is 5. The van der Waals surface area contributed by atoms with Crippen LogP contribution in [0.5, 0.6) is 5.75 Å². The van der Waals surface area contributed by atoms with Crippen LogP contribution < -0.4 is 15.9 Å². The highest BCUT2D eigenvalue weighted by molar-refractivity contribution is 5.95. The molecule has 3 rings (SSSR count). The first-order valence-corrected chi connectivity index (χ1v) is 9.89. The van der Waals surface area contributed by atoms with Gasteiger partial charge in [0.1, 0.15) is 11.4 Å². The predicted molar refractivity (Wildman–Crippen MR) is 113 cm³/mol. The standard InChI is InChI=1S/C19H25N9O3/c1-4-27(5-2)12-14-16(28(26-22-14)18-17(20)24-31-25-18)19(29)23-21-11-13-9-7-8-10-15(13)30-6-3/h7-11H,4-6,12H2,1-3H3,(H2,20,24)(H,23,29)/b21-11+. The highest BCUT2D eigenvalue weighted by atomic mass is 16.6. The number of anilines is 1. The summed E-state index contributed by atoms with van der Waals surface area (Å²) in [5.41, 5.74) is 9.62. The molecule has 0 aliphatic carbocycles. The second-order valence-corrected chi connectivity index (χ2v) is 6.40. The Morgan fingerprint density at radius 3 is 2.74 bits per heavy atom. The summed E-state index contributed by atoms with van der Waals surface area (Å²) >= 11 is 0. The number of ether oxygens (including phenoxy) is 1. The summed E-state index contributed by atoms with van der Waals surface area (Å²) in [5.74, 6) is 0.203. The van der Waals surface area contributed by atoms with Crippen molar-refractivity contribution in [1.29, 1.82) is 0 Å². The monoisotopic (exact) mass is 427 g/mol. The Bertz CT molecular complexity index is 1040. The van der Waals surface area contributed by atoms with Crippen molar-refractivity contribution in [2.24, 2.45) is 5.10 Å². The molecule has 3 N–H and O–H groups in total. The number of carbonyl (C=O) groups excluding carboxylic acids is 1. The molecule has 0 radical (unpaired) electrons. The highest BCUT2D eigenvalue weighted by Crippen LogP contribution is 2.18. The number of amides is 1. The van der Waals surface area contributed by atoms with Crippen molar-refractivity contribution in [3.05, 3.63) is 41.2 Å². The molecule has 12 heteroatoms. The number of benzene rings is 1. The smallest absolute Gasteiger partial charge is 0.292 e. The van der Waals surface area contributed by atoms with Gasteiger partial charge in [0, 0.05) is 12.1 Å². The van der Waals surface area contributed by atoms with Crippen molar-refractivity contribution in [2.75, 3.05) is 25.4 Å². The van der Waals surface area contributed by atoms with Gasteiger partial charge in [0.25, 0.3) is 5.91 Å². The van der Waals surface area contributed by atoms with E-state index in [1.54, 1.807) is 0 Å². The van der Waals surface area contributed by atoms with Crippen molar-refractivity contribution in [3.8, 4) is 11.6 Å². The van der Waals surface area contributed by atoms with Gasteiger partial charge in [-0.25, -0.2) is 10.1 Å². The van der Waals surface area contributed by atoms with Crippen LogP contribution >= 0.6 is 0 Å². The molecule has 0 saturated carbocycles. The molecule has 2 heterocycles. The third-order valence-electron chi connectivity index (χ3n) is 4.51. The van der Waals surface area contributed by atoms with Crippen molar-refractivity contribution in [1.82, 2.24) is 35.6 Å². The van der Waals surface area contributed by atoms with Crippen LogP contribution in [-0.4, -0.2) is 62.0 Å². The number of hydrogen-bond acceptors (Lipinski definition) is 10. The van der Waals surface area contributed by atoms with E-state index in [0.29, 0.717) is 24.6 Å². The van der Waals surface area contributed by atoms with Crippen LogP contribution in [0.4, 0.5) is 5.82 Å². The summed E-state index contributed by atoms with van der Waals surface area (Å²) < 4.78 is 11.4. The Labute approximate surface area is 179 Å². The summed E-state index contributed by atoms with van der Waals surface area (Å²) in [5, 5.41) is 19.5. The number of hydrazone groups is 1. The number of nitrogens with one attached hydrogen (secondary N) is 1. The lowest BCUT2D eigenvalue weighted by Crippen LogP contribution is -2.27. The molecule has 3 aromatic rings. The zero-order chi connectivity index (χ0) is 22.2. The molecule has 0 fully saturated rings. The molecule has 0 aliphatic heterocycles. The minimum absolute atomic E-state index is 0.0116. The van der Waals surface area contributed by atoms with E-state index in [1.165, 1.54) is 10.9 Å². The van der Waals surface area contributed by atoms with Crippen LogP contribution in [-0.2, 0) is 6.54 Å². The first kappa shape index (κ1) is 21.9. The molecule has 0 aliphatic rings. The Hall–Kier alpha value is -3.80. The fraction of sp³-hybridized carbons (Fsp3) is 0.368. The summed E-state index contributed by atoms with van der Waals surface area (Å²) in [6, 6.07) is 7.38. The van der Waals surface area contributed by atoms with Gasteiger partial charge in [-0.2, -0.15) is 9.78 Å². The third kappa shape index (κ3) is 5.04. The lowest BCUT2D eigenvalue weighted by molar-refractivity contribution is 0.0945. The summed E-state index contributed by atoms with van der Waals surface area (Å²) in [7, 11) is 0. The Morgan fingerprint density at radius 2 is 2.06 bits per heavy atom. The van der Waals surface area contributed by atoms with Gasteiger partial charge >= 0.3 is 0 Å². The van der Waals surface area contributed by atoms with E-state index >= 15 is 0 Å². The zero-order valence-electron chi connectivity index (χ0n) is 17.6. The maximum atomic E-state index is 13.0. The van der Waals surface area contributed by atoms with E-state index in [2.05, 4.69) is 40.7 Å². The average molecular weight is 427 g/mol. The fourth-order valence-corrected chi connectivity index (χ4v) is 2.88. The number of nitrogens with zero attached hydrogens (tertiary/aromatic N) is 7. The average Bonchev–Trinajstić information content (AvgIpc) is 3.38. The van der Waals surface area contributed by atoms with E-state index in [4.69, 9.17) is 10.5 Å². The molecule has 31 heavy (non-hydrogen) atoms. The second-order valence-electron chi connectivity index (χ2n) is 6.40. The number of nitrogen functional groups attached to an aromatic ring is 1. The third-order valence-corrected chi connectivity index (χ3v) is 4.51. The number of para-hydroxylation sites is 1. The zero-order valence-corrected chi connectivity index (χ0v) is 17.6. The molecule has 12 nitrogen and oxygen atoms in total. The fourth-order valence-electron chi connectivity index (χ4n) is 2.88.